The van der Waals surface area contributed by atoms with E-state index < -0.39 is 0 Å². The molecular weight excluding hydrogens is 348 g/mol. The van der Waals surface area contributed by atoms with Crippen LogP contribution in [0.3, 0.4) is 0 Å². The minimum atomic E-state index is -0.0586. The molecule has 0 spiro atoms. The first-order valence-electron chi connectivity index (χ1n) is 9.74. The number of benzene rings is 2. The van der Waals surface area contributed by atoms with Crippen molar-refractivity contribution >= 4 is 23.2 Å². The van der Waals surface area contributed by atoms with Gasteiger partial charge >= 0.3 is 0 Å². The molecule has 0 saturated heterocycles. The van der Waals surface area contributed by atoms with Gasteiger partial charge < -0.3 is 9.80 Å². The van der Waals surface area contributed by atoms with Crippen molar-refractivity contribution in [2.24, 2.45) is 0 Å². The number of aromatic nitrogens is 2. The molecule has 5 nitrogen and oxygen atoms in total. The van der Waals surface area contributed by atoms with Gasteiger partial charge in [-0.05, 0) is 56.0 Å². The van der Waals surface area contributed by atoms with Crippen LogP contribution in [0.2, 0.25) is 0 Å². The largest absolute Gasteiger partial charge is 0.310 e. The molecule has 0 aliphatic carbocycles. The van der Waals surface area contributed by atoms with Gasteiger partial charge in [0.15, 0.2) is 0 Å². The van der Waals surface area contributed by atoms with Gasteiger partial charge in [-0.3, -0.25) is 4.79 Å². The lowest BCUT2D eigenvalue weighted by Crippen LogP contribution is -2.36. The maximum absolute atomic E-state index is 13.4. The summed E-state index contributed by atoms with van der Waals surface area (Å²) in [5.74, 6) is 0.546. The molecule has 1 aromatic heterocycles. The molecule has 1 amide bonds. The molecule has 2 aliphatic rings. The van der Waals surface area contributed by atoms with Crippen LogP contribution in [0.1, 0.15) is 34.2 Å². The third-order valence-electron chi connectivity index (χ3n) is 5.62. The Hall–Kier alpha value is -3.21. The Bertz CT molecular complexity index is 1080. The summed E-state index contributed by atoms with van der Waals surface area (Å²) in [5.41, 5.74) is 5.88. The molecule has 1 atom stereocenters. The number of hydrogen-bond acceptors (Lipinski definition) is 4. The van der Waals surface area contributed by atoms with E-state index in [0.29, 0.717) is 11.6 Å². The van der Waals surface area contributed by atoms with Gasteiger partial charge in [0.05, 0.1) is 0 Å². The van der Waals surface area contributed by atoms with E-state index >= 15 is 0 Å². The summed E-state index contributed by atoms with van der Waals surface area (Å²) in [4.78, 5) is 26.7. The number of fused-ring (bicyclic) bond motifs is 2. The predicted molar refractivity (Wildman–Crippen MR) is 110 cm³/mol. The third-order valence-corrected chi connectivity index (χ3v) is 5.62. The minimum Gasteiger partial charge on any atom is -0.310 e. The highest BCUT2D eigenvalue weighted by molar-refractivity contribution is 6.06. The van der Waals surface area contributed by atoms with Crippen LogP contribution < -0.4 is 9.80 Å². The van der Waals surface area contributed by atoms with E-state index in [1.54, 1.807) is 6.07 Å². The monoisotopic (exact) mass is 370 g/mol. The van der Waals surface area contributed by atoms with E-state index in [-0.39, 0.29) is 11.9 Å². The number of carbonyl (C=O) groups is 1. The van der Waals surface area contributed by atoms with Crippen molar-refractivity contribution in [3.05, 3.63) is 77.1 Å². The lowest BCUT2D eigenvalue weighted by molar-refractivity contribution is 0.0976. The molecule has 0 fully saturated rings. The van der Waals surface area contributed by atoms with Crippen LogP contribution in [0.15, 0.2) is 54.6 Å². The predicted octanol–water partition coefficient (Wildman–Crippen LogP) is 4.07. The first kappa shape index (κ1) is 16.9. The highest BCUT2D eigenvalue weighted by atomic mass is 16.2. The number of carbonyl (C=O) groups excluding carboxylic acids is 1. The zero-order valence-corrected chi connectivity index (χ0v) is 16.1. The third kappa shape index (κ3) is 2.66. The maximum Gasteiger partial charge on any atom is 0.277 e. The van der Waals surface area contributed by atoms with E-state index in [0.717, 1.165) is 36.5 Å². The van der Waals surface area contributed by atoms with E-state index in [2.05, 4.69) is 46.1 Å². The second-order valence-corrected chi connectivity index (χ2v) is 7.58. The Morgan fingerprint density at radius 2 is 1.71 bits per heavy atom. The van der Waals surface area contributed by atoms with Crippen LogP contribution in [0.5, 0.6) is 0 Å². The number of rotatable bonds is 2. The zero-order valence-electron chi connectivity index (χ0n) is 16.1. The Kier molecular flexibility index (Phi) is 3.90. The molecule has 0 bridgehead atoms. The quantitative estimate of drug-likeness (QED) is 0.682. The molecule has 2 aromatic carbocycles. The smallest absolute Gasteiger partial charge is 0.277 e. The molecule has 0 N–H and O–H groups in total. The Morgan fingerprint density at radius 3 is 2.54 bits per heavy atom. The van der Waals surface area contributed by atoms with Crippen molar-refractivity contribution in [3.63, 3.8) is 0 Å². The number of anilines is 3. The van der Waals surface area contributed by atoms with Crippen molar-refractivity contribution in [2.45, 2.75) is 32.7 Å². The fourth-order valence-electron chi connectivity index (χ4n) is 4.33. The minimum absolute atomic E-state index is 0.0586. The van der Waals surface area contributed by atoms with E-state index in [1.807, 2.05) is 36.1 Å². The van der Waals surface area contributed by atoms with Gasteiger partial charge in [0.25, 0.3) is 5.91 Å². The van der Waals surface area contributed by atoms with Crippen LogP contribution in [-0.2, 0) is 12.8 Å². The first-order valence-corrected chi connectivity index (χ1v) is 9.74. The molecule has 1 unspecified atom stereocenters. The van der Waals surface area contributed by atoms with Crippen molar-refractivity contribution in [1.82, 2.24) is 9.97 Å². The first-order chi connectivity index (χ1) is 13.6. The highest BCUT2D eigenvalue weighted by Crippen LogP contribution is 2.35. The number of aryl methyl sites for hydroxylation is 1. The van der Waals surface area contributed by atoms with Crippen molar-refractivity contribution in [3.8, 4) is 0 Å². The average Bonchev–Trinajstić information content (AvgIpc) is 3.27. The molecular formula is C23H22N4O. The van der Waals surface area contributed by atoms with Crippen LogP contribution in [0.25, 0.3) is 0 Å². The summed E-state index contributed by atoms with van der Waals surface area (Å²) in [5, 5.41) is 0. The van der Waals surface area contributed by atoms with Gasteiger partial charge in [0.1, 0.15) is 5.69 Å². The number of nitrogens with zero attached hydrogens (tertiary/aromatic N) is 4. The molecule has 2 aliphatic heterocycles. The molecule has 0 radical (unpaired) electrons. The van der Waals surface area contributed by atoms with Gasteiger partial charge in [0, 0.05) is 29.7 Å². The molecule has 3 heterocycles. The standard InChI is InChI=1S/C23H22N4O/c1-15-13-19(22(28)27-16(2)14-18-8-4-6-10-21(18)27)25-23(24-15)26-12-11-17-7-3-5-9-20(17)26/h3-10,13,16H,11-12,14H2,1-2H3. The van der Waals surface area contributed by atoms with Gasteiger partial charge in [-0.25, -0.2) is 9.97 Å². The van der Waals surface area contributed by atoms with Crippen LogP contribution in [0.4, 0.5) is 17.3 Å². The summed E-state index contributed by atoms with van der Waals surface area (Å²) in [7, 11) is 0. The summed E-state index contributed by atoms with van der Waals surface area (Å²) in [6.07, 6.45) is 1.84. The molecule has 5 heteroatoms. The summed E-state index contributed by atoms with van der Waals surface area (Å²) >= 11 is 0. The fourth-order valence-corrected chi connectivity index (χ4v) is 4.33. The summed E-state index contributed by atoms with van der Waals surface area (Å²) in [6, 6.07) is 18.3. The molecule has 3 aromatic rings. The lowest BCUT2D eigenvalue weighted by atomic mass is 10.1. The number of hydrogen-bond donors (Lipinski definition) is 0. The zero-order chi connectivity index (χ0) is 19.3. The van der Waals surface area contributed by atoms with Gasteiger partial charge in [-0.2, -0.15) is 0 Å². The maximum atomic E-state index is 13.4. The summed E-state index contributed by atoms with van der Waals surface area (Å²) < 4.78 is 0. The second kappa shape index (κ2) is 6.44. The fraction of sp³-hybridized carbons (Fsp3) is 0.261. The molecule has 28 heavy (non-hydrogen) atoms. The van der Waals surface area contributed by atoms with Crippen molar-refractivity contribution < 1.29 is 4.79 Å². The van der Waals surface area contributed by atoms with Crippen LogP contribution >= 0.6 is 0 Å². The lowest BCUT2D eigenvalue weighted by Gasteiger charge is -2.23. The number of amides is 1. The van der Waals surface area contributed by atoms with Crippen molar-refractivity contribution in [1.29, 1.82) is 0 Å². The average molecular weight is 370 g/mol. The molecule has 140 valence electrons. The van der Waals surface area contributed by atoms with Gasteiger partial charge in [-0.15, -0.1) is 0 Å². The highest BCUT2D eigenvalue weighted by Gasteiger charge is 2.33. The van der Waals surface area contributed by atoms with Crippen LogP contribution in [-0.4, -0.2) is 28.5 Å². The number of para-hydroxylation sites is 2. The van der Waals surface area contributed by atoms with Gasteiger partial charge in [0.2, 0.25) is 5.95 Å². The van der Waals surface area contributed by atoms with Crippen LogP contribution in [0, 0.1) is 6.92 Å². The SMILES string of the molecule is Cc1cc(C(=O)N2c3ccccc3CC2C)nc(N2CCc3ccccc32)n1. The summed E-state index contributed by atoms with van der Waals surface area (Å²) in [6.45, 7) is 4.84. The van der Waals surface area contributed by atoms with E-state index in [1.165, 1.54) is 11.1 Å². The van der Waals surface area contributed by atoms with E-state index in [4.69, 9.17) is 0 Å². The van der Waals surface area contributed by atoms with Crippen molar-refractivity contribution in [2.75, 3.05) is 16.3 Å². The Labute approximate surface area is 164 Å². The normalized spacial score (nSPS) is 17.6. The molecule has 5 rings (SSSR count). The topological polar surface area (TPSA) is 49.3 Å². The van der Waals surface area contributed by atoms with Gasteiger partial charge in [-0.1, -0.05) is 36.4 Å². The van der Waals surface area contributed by atoms with E-state index in [9.17, 15) is 4.79 Å². The Balaban J connectivity index is 1.53. The molecule has 0 saturated carbocycles. The second-order valence-electron chi connectivity index (χ2n) is 7.58. The Morgan fingerprint density at radius 1 is 1.00 bits per heavy atom.